The second-order valence-corrected chi connectivity index (χ2v) is 2.54. The summed E-state index contributed by atoms with van der Waals surface area (Å²) in [5, 5.41) is 0. The first-order valence-corrected chi connectivity index (χ1v) is 4.33. The Morgan fingerprint density at radius 1 is 1.42 bits per heavy atom. The van der Waals surface area contributed by atoms with Crippen LogP contribution >= 0.6 is 0 Å². The lowest BCUT2D eigenvalue weighted by atomic mass is 10.1. The number of nitrogens with zero attached hydrogens (tertiary/aromatic N) is 1. The smallest absolute Gasteiger partial charge is 0.311 e. The highest BCUT2D eigenvalue weighted by atomic mass is 16.5. The van der Waals surface area contributed by atoms with E-state index in [0.717, 1.165) is 25.1 Å². The number of carbonyl (C=O) groups is 1. The maximum absolute atomic E-state index is 10.9. The Balaban J connectivity index is 3.95. The molecule has 70 valence electrons. The van der Waals surface area contributed by atoms with Gasteiger partial charge in [0, 0.05) is 12.3 Å². The van der Waals surface area contributed by atoms with E-state index in [9.17, 15) is 4.79 Å². The maximum atomic E-state index is 10.9. The van der Waals surface area contributed by atoms with Gasteiger partial charge in [-0.3, -0.25) is 9.79 Å². The Morgan fingerprint density at radius 3 is 2.50 bits per heavy atom. The third-order valence-electron chi connectivity index (χ3n) is 1.50. The van der Waals surface area contributed by atoms with Crippen molar-refractivity contribution >= 4 is 11.7 Å². The molecule has 12 heavy (non-hydrogen) atoms. The molecule has 0 fully saturated rings. The predicted molar refractivity (Wildman–Crippen MR) is 49.5 cm³/mol. The lowest BCUT2D eigenvalue weighted by Gasteiger charge is -2.02. The lowest BCUT2D eigenvalue weighted by molar-refractivity contribution is -0.139. The molecule has 0 bridgehead atoms. The van der Waals surface area contributed by atoms with Gasteiger partial charge in [0.15, 0.2) is 0 Å². The minimum atomic E-state index is -0.198. The fourth-order valence-corrected chi connectivity index (χ4v) is 0.974. The van der Waals surface area contributed by atoms with Gasteiger partial charge in [-0.25, -0.2) is 0 Å². The summed E-state index contributed by atoms with van der Waals surface area (Å²) in [6.45, 7) is 4.78. The minimum absolute atomic E-state index is 0.198. The summed E-state index contributed by atoms with van der Waals surface area (Å²) in [6, 6.07) is 0. The van der Waals surface area contributed by atoms with Crippen molar-refractivity contribution in [3.05, 3.63) is 0 Å². The van der Waals surface area contributed by atoms with Crippen LogP contribution < -0.4 is 0 Å². The van der Waals surface area contributed by atoms with Crippen LogP contribution in [-0.4, -0.2) is 25.3 Å². The average Bonchev–Trinajstić information content (AvgIpc) is 2.05. The molecule has 0 aliphatic carbocycles. The van der Waals surface area contributed by atoms with E-state index in [2.05, 4.69) is 16.7 Å². The third kappa shape index (κ3) is 4.88. The highest BCUT2D eigenvalue weighted by molar-refractivity contribution is 5.98. The minimum Gasteiger partial charge on any atom is -0.469 e. The van der Waals surface area contributed by atoms with Gasteiger partial charge < -0.3 is 4.74 Å². The largest absolute Gasteiger partial charge is 0.469 e. The van der Waals surface area contributed by atoms with Crippen molar-refractivity contribution in [1.29, 1.82) is 0 Å². The molecule has 0 heterocycles. The molecule has 0 unspecified atom stereocenters. The molecule has 0 aromatic heterocycles. The quantitative estimate of drug-likeness (QED) is 0.467. The van der Waals surface area contributed by atoms with Crippen LogP contribution in [0.5, 0.6) is 0 Å². The summed E-state index contributed by atoms with van der Waals surface area (Å²) < 4.78 is 4.55. The van der Waals surface area contributed by atoms with Crippen molar-refractivity contribution in [2.45, 2.75) is 33.1 Å². The molecule has 0 aromatic rings. The van der Waals surface area contributed by atoms with Gasteiger partial charge in [0.25, 0.3) is 0 Å². The van der Waals surface area contributed by atoms with E-state index in [1.54, 1.807) is 0 Å². The molecular weight excluding hydrogens is 154 g/mol. The van der Waals surface area contributed by atoms with Gasteiger partial charge in [0.1, 0.15) is 0 Å². The molecule has 0 rings (SSSR count). The Morgan fingerprint density at radius 2 is 2.08 bits per heavy atom. The molecule has 0 atom stereocenters. The molecule has 0 saturated heterocycles. The first kappa shape index (κ1) is 11.1. The van der Waals surface area contributed by atoms with E-state index in [1.807, 2.05) is 6.92 Å². The monoisotopic (exact) mass is 171 g/mol. The van der Waals surface area contributed by atoms with Gasteiger partial charge in [0.2, 0.25) is 0 Å². The fraction of sp³-hybridized carbons (Fsp3) is 0.778. The van der Waals surface area contributed by atoms with E-state index in [0.29, 0.717) is 6.42 Å². The van der Waals surface area contributed by atoms with Gasteiger partial charge in [0.05, 0.1) is 13.5 Å². The topological polar surface area (TPSA) is 38.7 Å². The zero-order valence-electron chi connectivity index (χ0n) is 8.09. The van der Waals surface area contributed by atoms with Crippen molar-refractivity contribution in [2.75, 3.05) is 13.7 Å². The summed E-state index contributed by atoms with van der Waals surface area (Å²) in [7, 11) is 1.40. The van der Waals surface area contributed by atoms with Crippen molar-refractivity contribution < 1.29 is 9.53 Å². The van der Waals surface area contributed by atoms with Crippen molar-refractivity contribution in [1.82, 2.24) is 0 Å². The number of aliphatic imine (C=N–C) groups is 1. The van der Waals surface area contributed by atoms with Crippen LogP contribution in [0.1, 0.15) is 33.1 Å². The fourth-order valence-electron chi connectivity index (χ4n) is 0.974. The molecule has 0 saturated carbocycles. The number of esters is 1. The van der Waals surface area contributed by atoms with E-state index >= 15 is 0 Å². The Kier molecular flexibility index (Phi) is 6.34. The summed E-state index contributed by atoms with van der Waals surface area (Å²) in [5.74, 6) is -0.198. The number of methoxy groups -OCH3 is 1. The molecule has 0 aliphatic rings. The van der Waals surface area contributed by atoms with Crippen LogP contribution in [-0.2, 0) is 9.53 Å². The number of hydrogen-bond acceptors (Lipinski definition) is 3. The summed E-state index contributed by atoms with van der Waals surface area (Å²) in [6.07, 6.45) is 2.26. The standard InChI is InChI=1S/C9H17NO2/c1-4-6-8(10-5-2)7-9(11)12-3/h4-7H2,1-3H3. The van der Waals surface area contributed by atoms with E-state index in [-0.39, 0.29) is 5.97 Å². The zero-order chi connectivity index (χ0) is 9.40. The van der Waals surface area contributed by atoms with Gasteiger partial charge >= 0.3 is 5.97 Å². The van der Waals surface area contributed by atoms with Crippen LogP contribution in [0.4, 0.5) is 0 Å². The first-order valence-electron chi connectivity index (χ1n) is 4.33. The van der Waals surface area contributed by atoms with Gasteiger partial charge in [-0.05, 0) is 13.3 Å². The number of hydrogen-bond donors (Lipinski definition) is 0. The molecular formula is C9H17NO2. The Labute approximate surface area is 73.8 Å². The third-order valence-corrected chi connectivity index (χ3v) is 1.50. The van der Waals surface area contributed by atoms with Crippen molar-refractivity contribution in [3.63, 3.8) is 0 Å². The van der Waals surface area contributed by atoms with Gasteiger partial charge in [-0.2, -0.15) is 0 Å². The lowest BCUT2D eigenvalue weighted by Crippen LogP contribution is -2.09. The van der Waals surface area contributed by atoms with E-state index in [4.69, 9.17) is 0 Å². The van der Waals surface area contributed by atoms with Crippen LogP contribution in [0.2, 0.25) is 0 Å². The Bertz CT molecular complexity index is 164. The van der Waals surface area contributed by atoms with Crippen LogP contribution in [0, 0.1) is 0 Å². The van der Waals surface area contributed by atoms with Crippen LogP contribution in [0.15, 0.2) is 4.99 Å². The summed E-state index contributed by atoms with van der Waals surface area (Å²) >= 11 is 0. The normalized spacial score (nSPS) is 11.4. The number of rotatable bonds is 5. The zero-order valence-corrected chi connectivity index (χ0v) is 8.09. The summed E-state index contributed by atoms with van der Waals surface area (Å²) in [5.41, 5.74) is 0.951. The van der Waals surface area contributed by atoms with Gasteiger partial charge in [-0.1, -0.05) is 13.3 Å². The molecule has 0 radical (unpaired) electrons. The number of carbonyl (C=O) groups excluding carboxylic acids is 1. The van der Waals surface area contributed by atoms with Gasteiger partial charge in [-0.15, -0.1) is 0 Å². The van der Waals surface area contributed by atoms with Crippen molar-refractivity contribution in [2.24, 2.45) is 4.99 Å². The van der Waals surface area contributed by atoms with Crippen LogP contribution in [0.3, 0.4) is 0 Å². The molecule has 0 N–H and O–H groups in total. The van der Waals surface area contributed by atoms with E-state index in [1.165, 1.54) is 7.11 Å². The molecule has 0 aliphatic heterocycles. The molecule has 0 spiro atoms. The summed E-state index contributed by atoms with van der Waals surface area (Å²) in [4.78, 5) is 15.1. The predicted octanol–water partition coefficient (Wildman–Crippen LogP) is 1.81. The average molecular weight is 171 g/mol. The highest BCUT2D eigenvalue weighted by Gasteiger charge is 2.05. The second-order valence-electron chi connectivity index (χ2n) is 2.54. The molecule has 3 nitrogen and oxygen atoms in total. The first-order chi connectivity index (χ1) is 5.74. The van der Waals surface area contributed by atoms with Crippen molar-refractivity contribution in [3.8, 4) is 0 Å². The molecule has 0 amide bonds. The van der Waals surface area contributed by atoms with Crippen LogP contribution in [0.25, 0.3) is 0 Å². The molecule has 0 aromatic carbocycles. The maximum Gasteiger partial charge on any atom is 0.311 e. The SMILES string of the molecule is CCCC(CC(=O)OC)=NCC. The highest BCUT2D eigenvalue weighted by Crippen LogP contribution is 1.99. The van der Waals surface area contributed by atoms with E-state index < -0.39 is 0 Å². The Hall–Kier alpha value is -0.860. The molecule has 3 heteroatoms. The second kappa shape index (κ2) is 6.83. The number of ether oxygens (including phenoxy) is 1.